The van der Waals surface area contributed by atoms with Crippen LogP contribution in [0, 0.1) is 17.6 Å². The van der Waals surface area contributed by atoms with E-state index >= 15 is 0 Å². The molecule has 2 saturated heterocycles. The van der Waals surface area contributed by atoms with Crippen molar-refractivity contribution in [2.24, 2.45) is 5.92 Å². The molecule has 0 unspecified atom stereocenters. The van der Waals surface area contributed by atoms with Gasteiger partial charge in [0.05, 0.1) is 31.0 Å². The van der Waals surface area contributed by atoms with Gasteiger partial charge < -0.3 is 30.3 Å². The smallest absolute Gasteiger partial charge is 0.410 e. The topological polar surface area (TPSA) is 159 Å². The lowest BCUT2D eigenvalue weighted by Crippen LogP contribution is -2.58. The molecule has 15 heteroatoms. The Hall–Kier alpha value is -4.82. The maximum atomic E-state index is 14.5. The fourth-order valence-electron chi connectivity index (χ4n) is 7.79. The van der Waals surface area contributed by atoms with E-state index in [0.29, 0.717) is 42.5 Å². The summed E-state index contributed by atoms with van der Waals surface area (Å²) in [6.07, 6.45) is 4.06. The molecule has 0 spiro atoms. The first-order valence-electron chi connectivity index (χ1n) is 18.9. The van der Waals surface area contributed by atoms with Gasteiger partial charge in [-0.15, -0.1) is 0 Å². The molecule has 3 aliphatic heterocycles. The number of rotatable bonds is 5. The Kier molecular flexibility index (Phi) is 11.4. The van der Waals surface area contributed by atoms with E-state index in [1.807, 2.05) is 0 Å². The molecule has 0 bridgehead atoms. The summed E-state index contributed by atoms with van der Waals surface area (Å²) in [5.41, 5.74) is -0.545. The van der Waals surface area contributed by atoms with Crippen LogP contribution in [0.4, 0.5) is 18.4 Å². The molecule has 1 aliphatic carbocycles. The number of carbonyl (C=O) groups is 5. The third-order valence-electron chi connectivity index (χ3n) is 10.7. The van der Waals surface area contributed by atoms with Gasteiger partial charge in [0.25, 0.3) is 0 Å². The molecule has 13 nitrogen and oxygen atoms in total. The molecule has 292 valence electrons. The highest BCUT2D eigenvalue weighted by Gasteiger charge is 2.61. The van der Waals surface area contributed by atoms with E-state index in [1.54, 1.807) is 39.8 Å². The number of pyridine rings is 1. The Bertz CT molecular complexity index is 1750. The van der Waals surface area contributed by atoms with Gasteiger partial charge >= 0.3 is 12.2 Å². The number of aromatic nitrogens is 1. The Labute approximate surface area is 313 Å². The van der Waals surface area contributed by atoms with Crippen molar-refractivity contribution in [3.63, 3.8) is 0 Å². The van der Waals surface area contributed by atoms with Gasteiger partial charge in [0.15, 0.2) is 0 Å². The molecule has 2 aromatic rings. The molecule has 5 amide bonds. The highest BCUT2D eigenvalue weighted by atomic mass is 19.1. The van der Waals surface area contributed by atoms with Crippen LogP contribution in [0.1, 0.15) is 108 Å². The number of benzene rings is 1. The normalized spacial score (nSPS) is 26.6. The number of amides is 5. The molecule has 3 fully saturated rings. The first-order chi connectivity index (χ1) is 25.6. The number of halogens is 2. The predicted molar refractivity (Wildman–Crippen MR) is 191 cm³/mol. The summed E-state index contributed by atoms with van der Waals surface area (Å²) in [6.45, 7) is 6.90. The Morgan fingerprint density at radius 1 is 1.02 bits per heavy atom. The highest BCUT2D eigenvalue weighted by molar-refractivity contribution is 5.98. The summed E-state index contributed by atoms with van der Waals surface area (Å²) >= 11 is 0. The number of nitrogens with one attached hydrogen (secondary N) is 3. The molecule has 0 radical (unpaired) electrons. The van der Waals surface area contributed by atoms with Crippen molar-refractivity contribution in [1.82, 2.24) is 30.7 Å². The van der Waals surface area contributed by atoms with Gasteiger partial charge in [-0.25, -0.2) is 18.4 Å². The van der Waals surface area contributed by atoms with Crippen molar-refractivity contribution < 1.29 is 42.2 Å². The van der Waals surface area contributed by atoms with E-state index in [4.69, 9.17) is 9.47 Å². The first-order valence-corrected chi connectivity index (χ1v) is 18.9. The van der Waals surface area contributed by atoms with Crippen LogP contribution in [0.25, 0.3) is 0 Å². The zero-order chi connectivity index (χ0) is 38.8. The van der Waals surface area contributed by atoms with Crippen molar-refractivity contribution in [3.8, 4) is 0 Å². The maximum Gasteiger partial charge on any atom is 0.410 e. The van der Waals surface area contributed by atoms with Crippen molar-refractivity contribution in [2.45, 2.75) is 134 Å². The number of nitrogens with zero attached hydrogens (tertiary/aromatic N) is 3. The second-order valence-electron chi connectivity index (χ2n) is 16.0. The lowest BCUT2D eigenvalue weighted by molar-refractivity contribution is -0.141. The summed E-state index contributed by atoms with van der Waals surface area (Å²) in [4.78, 5) is 75.9. The molecule has 54 heavy (non-hydrogen) atoms. The number of carbonyl (C=O) groups excluding carboxylic acids is 5. The summed E-state index contributed by atoms with van der Waals surface area (Å²) < 4.78 is 39.3. The molecular weight excluding hydrogens is 702 g/mol. The van der Waals surface area contributed by atoms with Crippen LogP contribution < -0.4 is 16.0 Å². The van der Waals surface area contributed by atoms with Crippen LogP contribution in [0.15, 0.2) is 36.5 Å². The molecule has 4 aliphatic rings. The predicted octanol–water partition coefficient (Wildman–Crippen LogP) is 5.17. The van der Waals surface area contributed by atoms with E-state index in [9.17, 15) is 32.8 Å². The maximum absolute atomic E-state index is 14.5. The molecule has 1 saturated carbocycles. The minimum Gasteiger partial charge on any atom is -0.444 e. The van der Waals surface area contributed by atoms with Gasteiger partial charge in [0, 0.05) is 18.5 Å². The zero-order valence-electron chi connectivity index (χ0n) is 31.3. The van der Waals surface area contributed by atoms with Gasteiger partial charge in [-0.2, -0.15) is 0 Å². The fraction of sp³-hybridized carbons (Fsp3) is 0.590. The van der Waals surface area contributed by atoms with E-state index in [-0.39, 0.29) is 32.0 Å². The molecule has 4 heterocycles. The number of alkyl carbamates (subject to hydrolysis) is 1. The third-order valence-corrected chi connectivity index (χ3v) is 10.7. The fourth-order valence-corrected chi connectivity index (χ4v) is 7.79. The second kappa shape index (κ2) is 15.9. The van der Waals surface area contributed by atoms with E-state index in [2.05, 4.69) is 20.9 Å². The van der Waals surface area contributed by atoms with Crippen LogP contribution >= 0.6 is 0 Å². The lowest BCUT2D eigenvalue weighted by Gasteiger charge is -2.30. The number of hydrogen-bond acceptors (Lipinski definition) is 8. The molecule has 1 aromatic heterocycles. The minimum atomic E-state index is -1.26. The average Bonchev–Trinajstić information content (AvgIpc) is 3.40. The number of hydrogen-bond donors (Lipinski definition) is 3. The van der Waals surface area contributed by atoms with Crippen LogP contribution in [-0.2, 0) is 36.9 Å². The van der Waals surface area contributed by atoms with Gasteiger partial charge in [-0.3, -0.25) is 24.3 Å². The summed E-state index contributed by atoms with van der Waals surface area (Å²) in [6, 6.07) is 4.65. The summed E-state index contributed by atoms with van der Waals surface area (Å²) in [7, 11) is 0. The van der Waals surface area contributed by atoms with Crippen LogP contribution in [-0.4, -0.2) is 80.6 Å². The molecule has 6 atom stereocenters. The van der Waals surface area contributed by atoms with E-state index in [1.165, 1.54) is 28.0 Å². The van der Waals surface area contributed by atoms with Crippen LogP contribution in [0.2, 0.25) is 0 Å². The van der Waals surface area contributed by atoms with Crippen molar-refractivity contribution >= 4 is 29.9 Å². The van der Waals surface area contributed by atoms with E-state index in [0.717, 1.165) is 31.9 Å². The van der Waals surface area contributed by atoms with Crippen LogP contribution in [0.3, 0.4) is 0 Å². The Morgan fingerprint density at radius 3 is 2.46 bits per heavy atom. The molecule has 6 rings (SSSR count). The standard InChI is InChI=1S/C39H50F2N6O7/c1-23(30-16-15-26(40)19-42-30)43-35(50)39-18-25(39)12-8-6-5-7-9-14-31(44-36(51)54-38(2,3)4)34(49)47-21-27(17-32(47)33(48)45-39)53-37(52)46-20-24-11-10-13-29(41)28(24)22-46/h10-11,13,15-16,19,23,25,27,31-32H,5-9,12,14,17-18,20-22H2,1-4H3,(H,43,50)(H,44,51)(H,45,48)/t23-,25-,27-,31+,32+,39-/m1/s1. The zero-order valence-corrected chi connectivity index (χ0v) is 31.3. The van der Waals surface area contributed by atoms with E-state index < -0.39 is 76.9 Å². The quantitative estimate of drug-likeness (QED) is 0.378. The monoisotopic (exact) mass is 752 g/mol. The lowest BCUT2D eigenvalue weighted by atomic mass is 10.0. The number of ether oxygens (including phenoxy) is 2. The largest absolute Gasteiger partial charge is 0.444 e. The highest BCUT2D eigenvalue weighted by Crippen LogP contribution is 2.48. The molecule has 3 N–H and O–H groups in total. The summed E-state index contributed by atoms with van der Waals surface area (Å²) in [5.74, 6) is -2.61. The molecule has 1 aromatic carbocycles. The minimum absolute atomic E-state index is 0.0207. The van der Waals surface area contributed by atoms with Gasteiger partial charge in [-0.05, 0) is 76.6 Å². The van der Waals surface area contributed by atoms with Crippen molar-refractivity contribution in [2.75, 3.05) is 6.54 Å². The van der Waals surface area contributed by atoms with Gasteiger partial charge in [0.2, 0.25) is 17.7 Å². The second-order valence-corrected chi connectivity index (χ2v) is 16.0. The Morgan fingerprint density at radius 2 is 1.76 bits per heavy atom. The average molecular weight is 753 g/mol. The SMILES string of the molecule is C[C@@H](NC(=O)[C@@]12C[C@H]1CCCCCCC[C@H](NC(=O)OC(C)(C)C)C(=O)N1C[C@H](OC(=O)N3Cc4cccc(F)c4C3)C[C@H]1C(=O)N2)c1ccc(F)cn1. The van der Waals surface area contributed by atoms with Gasteiger partial charge in [-0.1, -0.05) is 44.2 Å². The number of fused-ring (bicyclic) bond motifs is 3. The van der Waals surface area contributed by atoms with Crippen molar-refractivity contribution in [3.05, 3.63) is 65.0 Å². The van der Waals surface area contributed by atoms with Crippen molar-refractivity contribution in [1.29, 1.82) is 0 Å². The van der Waals surface area contributed by atoms with Gasteiger partial charge in [0.1, 0.15) is 41.0 Å². The summed E-state index contributed by atoms with van der Waals surface area (Å²) in [5, 5.41) is 8.66. The van der Waals surface area contributed by atoms with Crippen LogP contribution in [0.5, 0.6) is 0 Å². The third kappa shape index (κ3) is 8.92. The molecular formula is C39H50F2N6O7. The first kappa shape index (κ1) is 38.9. The Balaban J connectivity index is 1.24.